The standard InChI is InChI=1S/C21H18ClN5OS/c22-14-9-11-15(12-10-14)27-21(23-24-25-27)29-13-20(28)26-18-7-3-1-5-16(18)17-6-2-4-8-19(17)26/h1,3,5,7,9-12H,2,4,6,8,13H2. The van der Waals surface area contributed by atoms with E-state index in [1.54, 1.807) is 16.8 Å². The van der Waals surface area contributed by atoms with Crippen LogP contribution in [0.5, 0.6) is 0 Å². The number of aromatic nitrogens is 5. The summed E-state index contributed by atoms with van der Waals surface area (Å²) in [4.78, 5) is 13.2. The van der Waals surface area contributed by atoms with Gasteiger partial charge in [-0.25, -0.2) is 0 Å². The van der Waals surface area contributed by atoms with Gasteiger partial charge in [0.1, 0.15) is 0 Å². The molecule has 8 heteroatoms. The van der Waals surface area contributed by atoms with E-state index in [4.69, 9.17) is 11.6 Å². The molecule has 146 valence electrons. The highest BCUT2D eigenvalue weighted by atomic mass is 35.5. The second-order valence-corrected chi connectivity index (χ2v) is 8.40. The van der Waals surface area contributed by atoms with Gasteiger partial charge in [0.25, 0.3) is 0 Å². The Hall–Kier alpha value is -2.64. The molecule has 2 heterocycles. The summed E-state index contributed by atoms with van der Waals surface area (Å²) in [5, 5.41) is 14.3. The highest BCUT2D eigenvalue weighted by Crippen LogP contribution is 2.32. The van der Waals surface area contributed by atoms with Gasteiger partial charge in [-0.3, -0.25) is 9.36 Å². The van der Waals surface area contributed by atoms with Crippen LogP contribution in [-0.4, -0.2) is 36.4 Å². The average Bonchev–Trinajstić information content (AvgIpc) is 3.35. The Morgan fingerprint density at radius 2 is 1.86 bits per heavy atom. The van der Waals surface area contributed by atoms with Crippen molar-refractivity contribution in [2.24, 2.45) is 0 Å². The number of halogens is 1. The van der Waals surface area contributed by atoms with Crippen LogP contribution in [0.3, 0.4) is 0 Å². The number of aryl methyl sites for hydroxylation is 1. The van der Waals surface area contributed by atoms with Gasteiger partial charge in [-0.1, -0.05) is 41.6 Å². The summed E-state index contributed by atoms with van der Waals surface area (Å²) in [7, 11) is 0. The summed E-state index contributed by atoms with van der Waals surface area (Å²) in [6, 6.07) is 15.5. The molecule has 0 fully saturated rings. The highest BCUT2D eigenvalue weighted by molar-refractivity contribution is 7.99. The zero-order chi connectivity index (χ0) is 19.8. The van der Waals surface area contributed by atoms with E-state index in [0.717, 1.165) is 30.5 Å². The van der Waals surface area contributed by atoms with Crippen LogP contribution in [0.25, 0.3) is 16.6 Å². The van der Waals surface area contributed by atoms with Crippen LogP contribution in [0.1, 0.15) is 28.9 Å². The lowest BCUT2D eigenvalue weighted by Gasteiger charge is -2.15. The maximum atomic E-state index is 13.2. The topological polar surface area (TPSA) is 65.6 Å². The molecule has 2 aromatic carbocycles. The molecule has 0 amide bonds. The lowest BCUT2D eigenvalue weighted by atomic mass is 9.96. The quantitative estimate of drug-likeness (QED) is 0.449. The third-order valence-corrected chi connectivity index (χ3v) is 6.42. The number of fused-ring (bicyclic) bond motifs is 3. The number of rotatable bonds is 4. The molecule has 0 aliphatic heterocycles. The normalized spacial score (nSPS) is 13.6. The summed E-state index contributed by atoms with van der Waals surface area (Å²) < 4.78 is 3.53. The monoisotopic (exact) mass is 423 g/mol. The zero-order valence-corrected chi connectivity index (χ0v) is 17.2. The Morgan fingerprint density at radius 3 is 2.72 bits per heavy atom. The van der Waals surface area contributed by atoms with E-state index < -0.39 is 0 Å². The number of hydrogen-bond donors (Lipinski definition) is 0. The Balaban J connectivity index is 1.43. The molecular weight excluding hydrogens is 406 g/mol. The van der Waals surface area contributed by atoms with Crippen molar-refractivity contribution in [2.45, 2.75) is 30.8 Å². The fraction of sp³-hybridized carbons (Fsp3) is 0.238. The maximum Gasteiger partial charge on any atom is 0.241 e. The number of tetrazole rings is 1. The highest BCUT2D eigenvalue weighted by Gasteiger charge is 2.23. The SMILES string of the molecule is O=C(CSc1nnnn1-c1ccc(Cl)cc1)n1c2c(c3ccccc31)CCCC2. The first-order valence-corrected chi connectivity index (χ1v) is 10.9. The first-order chi connectivity index (χ1) is 14.2. The molecule has 0 saturated heterocycles. The van der Waals surface area contributed by atoms with Crippen LogP contribution >= 0.6 is 23.4 Å². The van der Waals surface area contributed by atoms with Gasteiger partial charge >= 0.3 is 0 Å². The number of carbonyl (C=O) groups is 1. The van der Waals surface area contributed by atoms with E-state index in [9.17, 15) is 4.79 Å². The van der Waals surface area contributed by atoms with Gasteiger partial charge in [0.15, 0.2) is 0 Å². The van der Waals surface area contributed by atoms with E-state index in [1.807, 2.05) is 34.9 Å². The number of benzene rings is 2. The first kappa shape index (κ1) is 18.4. The van der Waals surface area contributed by atoms with Crippen molar-refractivity contribution < 1.29 is 4.79 Å². The third-order valence-electron chi connectivity index (χ3n) is 5.26. The van der Waals surface area contributed by atoms with Crippen molar-refractivity contribution in [3.63, 3.8) is 0 Å². The molecule has 0 bridgehead atoms. The summed E-state index contributed by atoms with van der Waals surface area (Å²) in [5.41, 5.74) is 4.30. The Kier molecular flexibility index (Phi) is 4.85. The molecule has 0 spiro atoms. The van der Waals surface area contributed by atoms with E-state index in [2.05, 4.69) is 21.6 Å². The minimum atomic E-state index is 0.0556. The number of carbonyl (C=O) groups excluding carboxylic acids is 1. The molecule has 0 radical (unpaired) electrons. The lowest BCUT2D eigenvalue weighted by molar-refractivity contribution is 0.0943. The fourth-order valence-electron chi connectivity index (χ4n) is 3.98. The zero-order valence-electron chi connectivity index (χ0n) is 15.6. The van der Waals surface area contributed by atoms with Gasteiger partial charge < -0.3 is 0 Å². The Bertz CT molecular complexity index is 1200. The molecule has 1 aliphatic rings. The number of hydrogen-bond acceptors (Lipinski definition) is 5. The second kappa shape index (κ2) is 7.65. The van der Waals surface area contributed by atoms with Gasteiger partial charge in [-0.15, -0.1) is 5.10 Å². The second-order valence-electron chi connectivity index (χ2n) is 7.02. The predicted octanol–water partition coefficient (Wildman–Crippen LogP) is 4.58. The smallest absolute Gasteiger partial charge is 0.241 e. The van der Waals surface area contributed by atoms with E-state index >= 15 is 0 Å². The molecule has 5 rings (SSSR count). The first-order valence-electron chi connectivity index (χ1n) is 9.54. The number of nitrogens with zero attached hydrogens (tertiary/aromatic N) is 5. The van der Waals surface area contributed by atoms with E-state index in [0.29, 0.717) is 10.2 Å². The molecule has 0 saturated carbocycles. The minimum absolute atomic E-state index is 0.0556. The molecule has 0 unspecified atom stereocenters. The summed E-state index contributed by atoms with van der Waals surface area (Å²) >= 11 is 7.31. The van der Waals surface area contributed by atoms with Crippen molar-refractivity contribution >= 4 is 40.2 Å². The van der Waals surface area contributed by atoms with Crippen molar-refractivity contribution in [1.29, 1.82) is 0 Å². The largest absolute Gasteiger partial charge is 0.283 e. The molecule has 2 aromatic heterocycles. The summed E-state index contributed by atoms with van der Waals surface area (Å²) in [6.07, 6.45) is 4.29. The van der Waals surface area contributed by atoms with Gasteiger partial charge in [0.05, 0.1) is 17.0 Å². The molecule has 0 N–H and O–H groups in total. The summed E-state index contributed by atoms with van der Waals surface area (Å²) in [6.45, 7) is 0. The van der Waals surface area contributed by atoms with Crippen molar-refractivity contribution in [3.8, 4) is 5.69 Å². The Labute approximate surface area is 176 Å². The fourth-order valence-corrected chi connectivity index (χ4v) is 4.85. The molecule has 29 heavy (non-hydrogen) atoms. The van der Waals surface area contributed by atoms with Crippen LogP contribution in [0.2, 0.25) is 5.02 Å². The molecular formula is C21H18ClN5OS. The predicted molar refractivity (Wildman–Crippen MR) is 114 cm³/mol. The molecule has 1 aliphatic carbocycles. The van der Waals surface area contributed by atoms with Gasteiger partial charge in [0.2, 0.25) is 11.1 Å². The van der Waals surface area contributed by atoms with E-state index in [1.165, 1.54) is 34.8 Å². The number of para-hydroxylation sites is 1. The maximum absolute atomic E-state index is 13.2. The van der Waals surface area contributed by atoms with Gasteiger partial charge in [-0.05, 0) is 72.0 Å². The summed E-state index contributed by atoms with van der Waals surface area (Å²) in [5.74, 6) is 0.319. The Morgan fingerprint density at radius 1 is 1.07 bits per heavy atom. The minimum Gasteiger partial charge on any atom is -0.283 e. The molecule has 6 nitrogen and oxygen atoms in total. The van der Waals surface area contributed by atoms with Crippen LogP contribution in [-0.2, 0) is 12.8 Å². The van der Waals surface area contributed by atoms with Crippen molar-refractivity contribution in [3.05, 3.63) is 64.8 Å². The van der Waals surface area contributed by atoms with Gasteiger partial charge in [-0.2, -0.15) is 4.68 Å². The molecule has 4 aromatic rings. The molecule has 0 atom stereocenters. The van der Waals surface area contributed by atoms with Crippen LogP contribution in [0.15, 0.2) is 53.7 Å². The van der Waals surface area contributed by atoms with E-state index in [-0.39, 0.29) is 11.7 Å². The van der Waals surface area contributed by atoms with Gasteiger partial charge in [0, 0.05) is 16.1 Å². The average molecular weight is 424 g/mol. The van der Waals surface area contributed by atoms with Crippen LogP contribution in [0.4, 0.5) is 0 Å². The van der Waals surface area contributed by atoms with Crippen molar-refractivity contribution in [2.75, 3.05) is 5.75 Å². The van der Waals surface area contributed by atoms with Crippen LogP contribution in [0, 0.1) is 0 Å². The van der Waals surface area contributed by atoms with Crippen molar-refractivity contribution in [1.82, 2.24) is 24.8 Å². The van der Waals surface area contributed by atoms with Crippen LogP contribution < -0.4 is 0 Å². The number of thioether (sulfide) groups is 1. The third kappa shape index (κ3) is 3.34. The lowest BCUT2D eigenvalue weighted by Crippen LogP contribution is -2.18.